The van der Waals surface area contributed by atoms with Crippen molar-refractivity contribution in [1.82, 2.24) is 5.32 Å². The standard InChI is InChI=1S/C14H17FN2O2/c15-11-4-6-12(7-5-11)17-13(18)8-9-16-14(19)10-2-1-3-10/h4-7,10H,1-3,8-9H2,(H,16,19)(H,17,18). The first kappa shape index (κ1) is 13.5. The topological polar surface area (TPSA) is 58.2 Å². The number of hydrogen-bond donors (Lipinski definition) is 2. The van der Waals surface area contributed by atoms with Gasteiger partial charge in [0.2, 0.25) is 11.8 Å². The second-order valence-electron chi connectivity index (χ2n) is 4.72. The molecule has 5 heteroatoms. The van der Waals surface area contributed by atoms with Crippen LogP contribution in [0.5, 0.6) is 0 Å². The van der Waals surface area contributed by atoms with Crippen molar-refractivity contribution in [2.24, 2.45) is 5.92 Å². The van der Waals surface area contributed by atoms with Crippen LogP contribution in [-0.4, -0.2) is 18.4 Å². The molecule has 1 aliphatic carbocycles. The quantitative estimate of drug-likeness (QED) is 0.855. The molecule has 102 valence electrons. The van der Waals surface area contributed by atoms with Crippen molar-refractivity contribution >= 4 is 17.5 Å². The van der Waals surface area contributed by atoms with E-state index < -0.39 is 0 Å². The molecule has 0 aromatic heterocycles. The third kappa shape index (κ3) is 4.05. The van der Waals surface area contributed by atoms with Crippen LogP contribution in [0, 0.1) is 11.7 Å². The number of anilines is 1. The number of carbonyl (C=O) groups excluding carboxylic acids is 2. The number of benzene rings is 1. The van der Waals surface area contributed by atoms with E-state index >= 15 is 0 Å². The molecular weight excluding hydrogens is 247 g/mol. The molecule has 2 rings (SSSR count). The summed E-state index contributed by atoms with van der Waals surface area (Å²) >= 11 is 0. The largest absolute Gasteiger partial charge is 0.355 e. The maximum atomic E-state index is 12.7. The average molecular weight is 264 g/mol. The van der Waals surface area contributed by atoms with E-state index in [9.17, 15) is 14.0 Å². The van der Waals surface area contributed by atoms with E-state index in [1.165, 1.54) is 24.3 Å². The monoisotopic (exact) mass is 264 g/mol. The molecule has 2 amide bonds. The summed E-state index contributed by atoms with van der Waals surface area (Å²) < 4.78 is 12.7. The van der Waals surface area contributed by atoms with Gasteiger partial charge in [-0.25, -0.2) is 4.39 Å². The fourth-order valence-corrected chi connectivity index (χ4v) is 1.87. The lowest BCUT2D eigenvalue weighted by Gasteiger charge is -2.23. The summed E-state index contributed by atoms with van der Waals surface area (Å²) in [7, 11) is 0. The highest BCUT2D eigenvalue weighted by atomic mass is 19.1. The zero-order valence-corrected chi connectivity index (χ0v) is 10.6. The Balaban J connectivity index is 1.66. The molecule has 2 N–H and O–H groups in total. The second kappa shape index (κ2) is 6.31. The molecule has 0 atom stereocenters. The Kier molecular flexibility index (Phi) is 4.49. The van der Waals surface area contributed by atoms with Gasteiger partial charge >= 0.3 is 0 Å². The lowest BCUT2D eigenvalue weighted by Crippen LogP contribution is -2.36. The number of amides is 2. The minimum absolute atomic E-state index is 0.0424. The van der Waals surface area contributed by atoms with Gasteiger partial charge in [0.25, 0.3) is 0 Å². The lowest BCUT2D eigenvalue weighted by atomic mass is 9.85. The van der Waals surface area contributed by atoms with Crippen molar-refractivity contribution in [3.05, 3.63) is 30.1 Å². The van der Waals surface area contributed by atoms with Gasteiger partial charge in [-0.2, -0.15) is 0 Å². The molecular formula is C14H17FN2O2. The van der Waals surface area contributed by atoms with Crippen LogP contribution in [0.4, 0.5) is 10.1 Å². The van der Waals surface area contributed by atoms with Gasteiger partial charge in [-0.15, -0.1) is 0 Å². The van der Waals surface area contributed by atoms with Gasteiger partial charge in [0, 0.05) is 24.6 Å². The molecule has 0 saturated heterocycles. The number of carbonyl (C=O) groups is 2. The molecule has 0 bridgehead atoms. The van der Waals surface area contributed by atoms with Crippen molar-refractivity contribution in [2.45, 2.75) is 25.7 Å². The zero-order chi connectivity index (χ0) is 13.7. The number of rotatable bonds is 5. The number of nitrogens with one attached hydrogen (secondary N) is 2. The van der Waals surface area contributed by atoms with E-state index in [0.29, 0.717) is 12.2 Å². The lowest BCUT2D eigenvalue weighted by molar-refractivity contribution is -0.127. The molecule has 1 fully saturated rings. The van der Waals surface area contributed by atoms with Crippen molar-refractivity contribution in [3.63, 3.8) is 0 Å². The summed E-state index contributed by atoms with van der Waals surface area (Å²) in [6.07, 6.45) is 3.24. The number of hydrogen-bond acceptors (Lipinski definition) is 2. The fraction of sp³-hybridized carbons (Fsp3) is 0.429. The summed E-state index contributed by atoms with van der Waals surface area (Å²) in [5, 5.41) is 5.39. The van der Waals surface area contributed by atoms with Crippen LogP contribution < -0.4 is 10.6 Å². The molecule has 0 unspecified atom stereocenters. The Bertz CT molecular complexity index is 455. The first-order valence-corrected chi connectivity index (χ1v) is 6.48. The molecule has 0 spiro atoms. The molecule has 1 aliphatic rings. The first-order chi connectivity index (χ1) is 9.15. The van der Waals surface area contributed by atoms with Gasteiger partial charge < -0.3 is 10.6 Å². The normalized spacial score (nSPS) is 14.6. The van der Waals surface area contributed by atoms with Crippen molar-refractivity contribution < 1.29 is 14.0 Å². The molecule has 1 aromatic rings. The van der Waals surface area contributed by atoms with Crippen LogP contribution in [-0.2, 0) is 9.59 Å². The molecule has 0 heterocycles. The van der Waals surface area contributed by atoms with E-state index in [1.54, 1.807) is 0 Å². The number of halogens is 1. The second-order valence-corrected chi connectivity index (χ2v) is 4.72. The summed E-state index contributed by atoms with van der Waals surface area (Å²) in [6.45, 7) is 0.336. The molecule has 0 radical (unpaired) electrons. The minimum atomic E-state index is -0.342. The minimum Gasteiger partial charge on any atom is -0.355 e. The van der Waals surface area contributed by atoms with Crippen LogP contribution >= 0.6 is 0 Å². The van der Waals surface area contributed by atoms with Crippen LogP contribution in [0.2, 0.25) is 0 Å². The average Bonchev–Trinajstić information content (AvgIpc) is 2.30. The van der Waals surface area contributed by atoms with Crippen LogP contribution in [0.15, 0.2) is 24.3 Å². The van der Waals surface area contributed by atoms with E-state index in [2.05, 4.69) is 10.6 Å². The van der Waals surface area contributed by atoms with Crippen molar-refractivity contribution in [3.8, 4) is 0 Å². The van der Waals surface area contributed by atoms with Gasteiger partial charge in [-0.1, -0.05) is 6.42 Å². The Morgan fingerprint density at radius 2 is 1.89 bits per heavy atom. The summed E-state index contributed by atoms with van der Waals surface area (Å²) in [6, 6.07) is 5.57. The maximum Gasteiger partial charge on any atom is 0.226 e. The smallest absolute Gasteiger partial charge is 0.226 e. The van der Waals surface area contributed by atoms with Crippen LogP contribution in [0.1, 0.15) is 25.7 Å². The maximum absolute atomic E-state index is 12.7. The predicted molar refractivity (Wildman–Crippen MR) is 70.0 cm³/mol. The third-order valence-electron chi connectivity index (χ3n) is 3.26. The molecule has 1 aromatic carbocycles. The van der Waals surface area contributed by atoms with Gasteiger partial charge in [0.1, 0.15) is 5.82 Å². The highest BCUT2D eigenvalue weighted by Gasteiger charge is 2.24. The molecule has 19 heavy (non-hydrogen) atoms. The van der Waals surface area contributed by atoms with Gasteiger partial charge in [-0.05, 0) is 37.1 Å². The fourth-order valence-electron chi connectivity index (χ4n) is 1.87. The van der Waals surface area contributed by atoms with E-state index in [-0.39, 0.29) is 30.0 Å². The van der Waals surface area contributed by atoms with Crippen molar-refractivity contribution in [1.29, 1.82) is 0 Å². The highest BCUT2D eigenvalue weighted by Crippen LogP contribution is 2.26. The highest BCUT2D eigenvalue weighted by molar-refractivity contribution is 5.91. The van der Waals surface area contributed by atoms with Crippen molar-refractivity contribution in [2.75, 3.05) is 11.9 Å². The van der Waals surface area contributed by atoms with E-state index in [0.717, 1.165) is 19.3 Å². The Labute approximate surface area is 111 Å². The molecule has 4 nitrogen and oxygen atoms in total. The van der Waals surface area contributed by atoms with E-state index in [4.69, 9.17) is 0 Å². The Hall–Kier alpha value is -1.91. The predicted octanol–water partition coefficient (Wildman–Crippen LogP) is 2.07. The Morgan fingerprint density at radius 3 is 2.47 bits per heavy atom. The van der Waals surface area contributed by atoms with E-state index in [1.807, 2.05) is 0 Å². The molecule has 1 saturated carbocycles. The summed E-state index contributed by atoms with van der Waals surface area (Å²) in [4.78, 5) is 23.1. The first-order valence-electron chi connectivity index (χ1n) is 6.48. The Morgan fingerprint density at radius 1 is 1.21 bits per heavy atom. The SMILES string of the molecule is O=C(CCNC(=O)C1CCC1)Nc1ccc(F)cc1. The van der Waals surface area contributed by atoms with Crippen LogP contribution in [0.3, 0.4) is 0 Å². The summed E-state index contributed by atoms with van der Waals surface area (Å²) in [5.41, 5.74) is 0.553. The van der Waals surface area contributed by atoms with Crippen LogP contribution in [0.25, 0.3) is 0 Å². The molecule has 0 aliphatic heterocycles. The van der Waals surface area contributed by atoms with Gasteiger partial charge in [0.15, 0.2) is 0 Å². The zero-order valence-electron chi connectivity index (χ0n) is 10.6. The third-order valence-corrected chi connectivity index (χ3v) is 3.26. The summed E-state index contributed by atoms with van der Waals surface area (Å²) in [5.74, 6) is -0.354. The van der Waals surface area contributed by atoms with Gasteiger partial charge in [-0.3, -0.25) is 9.59 Å². The van der Waals surface area contributed by atoms with Gasteiger partial charge in [0.05, 0.1) is 0 Å².